The number of aliphatic hydroxyl groups excluding tert-OH is 1. The van der Waals surface area contributed by atoms with E-state index in [0.717, 1.165) is 0 Å². The standard InChI is InChI=1S/C21H40N4O6S/c1-7-12(4)16(20(29)25-17(13(5)26)21(30)31)24-19(28)15(8-9-32-6)23-18(27)14(22)10-11(2)3/h11-17,26H,7-10,22H2,1-6H3,(H,23,27)(H,24,28)(H,25,29)(H,30,31). The Labute approximate surface area is 194 Å². The molecule has 6 unspecified atom stereocenters. The number of carbonyl (C=O) groups excluding carboxylic acids is 3. The van der Waals surface area contributed by atoms with Crippen LogP contribution in [0.4, 0.5) is 0 Å². The van der Waals surface area contributed by atoms with E-state index < -0.39 is 54.0 Å². The maximum absolute atomic E-state index is 13.0. The Balaban J connectivity index is 5.49. The van der Waals surface area contributed by atoms with Crippen molar-refractivity contribution in [1.29, 1.82) is 0 Å². The molecular formula is C21H40N4O6S. The number of carboxylic acids is 1. The van der Waals surface area contributed by atoms with E-state index in [-0.39, 0.29) is 11.8 Å². The van der Waals surface area contributed by atoms with Crippen LogP contribution in [0.1, 0.15) is 53.9 Å². The summed E-state index contributed by atoms with van der Waals surface area (Å²) in [6.07, 6.45) is 1.90. The van der Waals surface area contributed by atoms with Crippen LogP contribution < -0.4 is 21.7 Å². The molecule has 0 rings (SSSR count). The lowest BCUT2D eigenvalue weighted by Crippen LogP contribution is -2.59. The minimum absolute atomic E-state index is 0.212. The molecule has 0 aromatic rings. The van der Waals surface area contributed by atoms with Crippen molar-refractivity contribution >= 4 is 35.5 Å². The fourth-order valence-corrected chi connectivity index (χ4v) is 3.46. The molecule has 0 aliphatic heterocycles. The molecule has 0 saturated carbocycles. The number of amides is 3. The lowest BCUT2D eigenvalue weighted by molar-refractivity contribution is -0.145. The van der Waals surface area contributed by atoms with Gasteiger partial charge in [-0.15, -0.1) is 0 Å². The number of hydrogen-bond acceptors (Lipinski definition) is 7. The highest BCUT2D eigenvalue weighted by atomic mass is 32.2. The normalized spacial score (nSPS) is 16.9. The van der Waals surface area contributed by atoms with Gasteiger partial charge in [-0.05, 0) is 43.6 Å². The monoisotopic (exact) mass is 476 g/mol. The van der Waals surface area contributed by atoms with Crippen LogP contribution in [0.3, 0.4) is 0 Å². The summed E-state index contributed by atoms with van der Waals surface area (Å²) in [5.74, 6) is -2.59. The number of thioether (sulfide) groups is 1. The van der Waals surface area contributed by atoms with Gasteiger partial charge in [-0.3, -0.25) is 14.4 Å². The van der Waals surface area contributed by atoms with Crippen LogP contribution in [0.5, 0.6) is 0 Å². The van der Waals surface area contributed by atoms with E-state index in [0.29, 0.717) is 25.0 Å². The fraction of sp³-hybridized carbons (Fsp3) is 0.810. The lowest BCUT2D eigenvalue weighted by Gasteiger charge is -2.28. The summed E-state index contributed by atoms with van der Waals surface area (Å²) >= 11 is 1.51. The van der Waals surface area contributed by atoms with Crippen molar-refractivity contribution in [2.45, 2.75) is 84.2 Å². The van der Waals surface area contributed by atoms with Crippen LogP contribution in [0.25, 0.3) is 0 Å². The molecule has 3 amide bonds. The Morgan fingerprint density at radius 3 is 1.94 bits per heavy atom. The number of nitrogens with one attached hydrogen (secondary N) is 3. The van der Waals surface area contributed by atoms with Gasteiger partial charge < -0.3 is 31.9 Å². The number of aliphatic carboxylic acids is 1. The van der Waals surface area contributed by atoms with E-state index in [9.17, 15) is 29.4 Å². The van der Waals surface area contributed by atoms with Gasteiger partial charge in [0.2, 0.25) is 17.7 Å². The lowest BCUT2D eigenvalue weighted by atomic mass is 9.97. The predicted molar refractivity (Wildman–Crippen MR) is 125 cm³/mol. The third-order valence-electron chi connectivity index (χ3n) is 5.15. The van der Waals surface area contributed by atoms with Crippen molar-refractivity contribution in [3.8, 4) is 0 Å². The van der Waals surface area contributed by atoms with Crippen molar-refractivity contribution < 1.29 is 29.4 Å². The Bertz CT molecular complexity index is 631. The Morgan fingerprint density at radius 1 is 0.938 bits per heavy atom. The molecule has 0 fully saturated rings. The average molecular weight is 477 g/mol. The molecule has 10 nitrogen and oxygen atoms in total. The first-order valence-electron chi connectivity index (χ1n) is 10.9. The summed E-state index contributed by atoms with van der Waals surface area (Å²) in [6, 6.07) is -4.19. The third-order valence-corrected chi connectivity index (χ3v) is 5.79. The third kappa shape index (κ3) is 10.6. The zero-order valence-electron chi connectivity index (χ0n) is 19.9. The molecule has 0 aliphatic rings. The maximum atomic E-state index is 13.0. The van der Waals surface area contributed by atoms with E-state index in [1.165, 1.54) is 18.7 Å². The van der Waals surface area contributed by atoms with Crippen LogP contribution in [0, 0.1) is 11.8 Å². The van der Waals surface area contributed by atoms with Crippen LogP contribution in [0.2, 0.25) is 0 Å². The quantitative estimate of drug-likeness (QED) is 0.193. The second-order valence-electron chi connectivity index (χ2n) is 8.52. The summed E-state index contributed by atoms with van der Waals surface area (Å²) in [4.78, 5) is 49.6. The van der Waals surface area contributed by atoms with Gasteiger partial charge in [0.25, 0.3) is 0 Å². The van der Waals surface area contributed by atoms with Crippen molar-refractivity contribution in [2.75, 3.05) is 12.0 Å². The molecule has 0 radical (unpaired) electrons. The van der Waals surface area contributed by atoms with Crippen molar-refractivity contribution in [2.24, 2.45) is 17.6 Å². The van der Waals surface area contributed by atoms with Gasteiger partial charge in [-0.1, -0.05) is 34.1 Å². The topological polar surface area (TPSA) is 171 Å². The molecular weight excluding hydrogens is 436 g/mol. The van der Waals surface area contributed by atoms with Crippen LogP contribution in [-0.4, -0.2) is 76.2 Å². The van der Waals surface area contributed by atoms with Crippen LogP contribution in [0.15, 0.2) is 0 Å². The highest BCUT2D eigenvalue weighted by Gasteiger charge is 2.33. The first-order chi connectivity index (χ1) is 14.8. The zero-order valence-corrected chi connectivity index (χ0v) is 20.7. The van der Waals surface area contributed by atoms with E-state index >= 15 is 0 Å². The van der Waals surface area contributed by atoms with Gasteiger partial charge in [0.15, 0.2) is 6.04 Å². The number of nitrogens with two attached hydrogens (primary N) is 1. The molecule has 11 heteroatoms. The second kappa shape index (κ2) is 15.1. The van der Waals surface area contributed by atoms with E-state index in [4.69, 9.17) is 5.73 Å². The summed E-state index contributed by atoms with van der Waals surface area (Å²) in [6.45, 7) is 8.72. The summed E-state index contributed by atoms with van der Waals surface area (Å²) in [7, 11) is 0. The molecule has 0 aromatic heterocycles. The van der Waals surface area contributed by atoms with Gasteiger partial charge in [0.1, 0.15) is 12.1 Å². The van der Waals surface area contributed by atoms with Crippen molar-refractivity contribution in [1.82, 2.24) is 16.0 Å². The van der Waals surface area contributed by atoms with Gasteiger partial charge >= 0.3 is 5.97 Å². The number of rotatable bonds is 15. The second-order valence-corrected chi connectivity index (χ2v) is 9.50. The van der Waals surface area contributed by atoms with E-state index in [1.807, 2.05) is 27.0 Å². The number of carbonyl (C=O) groups is 4. The molecule has 0 spiro atoms. The first-order valence-corrected chi connectivity index (χ1v) is 12.3. The summed E-state index contributed by atoms with van der Waals surface area (Å²) in [5.41, 5.74) is 5.93. The predicted octanol–water partition coefficient (Wildman–Crippen LogP) is 0.0788. The SMILES string of the molecule is CCC(C)C(NC(=O)C(CCSC)NC(=O)C(N)CC(C)C)C(=O)NC(C(=O)O)C(C)O. The van der Waals surface area contributed by atoms with E-state index in [1.54, 1.807) is 6.92 Å². The molecule has 0 aromatic carbocycles. The summed E-state index contributed by atoms with van der Waals surface area (Å²) in [5, 5.41) is 26.5. The van der Waals surface area contributed by atoms with E-state index in [2.05, 4.69) is 16.0 Å². The first kappa shape index (κ1) is 30.1. The molecule has 0 heterocycles. The van der Waals surface area contributed by atoms with Gasteiger partial charge in [0.05, 0.1) is 12.1 Å². The number of carboxylic acid groups (broad SMARTS) is 1. The molecule has 7 N–H and O–H groups in total. The molecule has 0 bridgehead atoms. The number of hydrogen-bond donors (Lipinski definition) is 6. The minimum atomic E-state index is -1.51. The van der Waals surface area contributed by atoms with Crippen LogP contribution in [-0.2, 0) is 19.2 Å². The smallest absolute Gasteiger partial charge is 0.328 e. The Kier molecular flexibility index (Phi) is 14.2. The molecule has 186 valence electrons. The largest absolute Gasteiger partial charge is 0.480 e. The number of aliphatic hydroxyl groups is 1. The molecule has 6 atom stereocenters. The average Bonchev–Trinajstić information content (AvgIpc) is 2.70. The molecule has 0 saturated heterocycles. The van der Waals surface area contributed by atoms with Crippen molar-refractivity contribution in [3.05, 3.63) is 0 Å². The zero-order chi connectivity index (χ0) is 25.0. The molecule has 0 aliphatic carbocycles. The Hall–Kier alpha value is -1.85. The minimum Gasteiger partial charge on any atom is -0.480 e. The van der Waals surface area contributed by atoms with Gasteiger partial charge in [-0.2, -0.15) is 11.8 Å². The highest BCUT2D eigenvalue weighted by Crippen LogP contribution is 2.11. The maximum Gasteiger partial charge on any atom is 0.328 e. The highest BCUT2D eigenvalue weighted by molar-refractivity contribution is 7.98. The summed E-state index contributed by atoms with van der Waals surface area (Å²) < 4.78 is 0. The van der Waals surface area contributed by atoms with Crippen molar-refractivity contribution in [3.63, 3.8) is 0 Å². The van der Waals surface area contributed by atoms with Gasteiger partial charge in [0, 0.05) is 0 Å². The van der Waals surface area contributed by atoms with Gasteiger partial charge in [-0.25, -0.2) is 4.79 Å². The molecule has 32 heavy (non-hydrogen) atoms. The fourth-order valence-electron chi connectivity index (χ4n) is 2.99. The van der Waals surface area contributed by atoms with Crippen LogP contribution >= 0.6 is 11.8 Å². The Morgan fingerprint density at radius 2 is 1.50 bits per heavy atom.